The second-order valence-corrected chi connectivity index (χ2v) is 4.80. The van der Waals surface area contributed by atoms with Crippen LogP contribution in [0, 0.1) is 0 Å². The van der Waals surface area contributed by atoms with Gasteiger partial charge in [-0.2, -0.15) is 0 Å². The molecular formula is C12H19N3O2. The normalized spacial score (nSPS) is 11.1. The van der Waals surface area contributed by atoms with Gasteiger partial charge in [0.25, 0.3) is 0 Å². The molecule has 1 rings (SSSR count). The first-order valence-corrected chi connectivity index (χ1v) is 5.56. The summed E-state index contributed by atoms with van der Waals surface area (Å²) >= 11 is 0. The van der Waals surface area contributed by atoms with Crippen LogP contribution in [-0.2, 0) is 14.9 Å². The highest BCUT2D eigenvalue weighted by atomic mass is 16.5. The molecule has 0 fully saturated rings. The number of aromatic nitrogens is 2. The van der Waals surface area contributed by atoms with E-state index in [1.807, 2.05) is 0 Å². The summed E-state index contributed by atoms with van der Waals surface area (Å²) in [5, 5.41) is 2.97. The van der Waals surface area contributed by atoms with E-state index in [9.17, 15) is 4.79 Å². The van der Waals surface area contributed by atoms with Crippen LogP contribution in [0.5, 0.6) is 0 Å². The second-order valence-electron chi connectivity index (χ2n) is 4.80. The van der Waals surface area contributed by atoms with Gasteiger partial charge in [-0.1, -0.05) is 20.8 Å². The Morgan fingerprint density at radius 3 is 2.41 bits per heavy atom. The van der Waals surface area contributed by atoms with Gasteiger partial charge in [-0.15, -0.1) is 0 Å². The maximum absolute atomic E-state index is 10.9. The molecule has 0 aromatic carbocycles. The Kier molecular flexibility index (Phi) is 4.43. The number of esters is 1. The fourth-order valence-corrected chi connectivity index (χ4v) is 1.19. The largest absolute Gasteiger partial charge is 0.469 e. The molecule has 0 amide bonds. The van der Waals surface area contributed by atoms with Crippen LogP contribution in [0.15, 0.2) is 12.4 Å². The molecule has 0 spiro atoms. The Labute approximate surface area is 102 Å². The number of nitrogens with zero attached hydrogens (tertiary/aromatic N) is 2. The van der Waals surface area contributed by atoms with Gasteiger partial charge in [0.2, 0.25) is 5.95 Å². The van der Waals surface area contributed by atoms with E-state index in [1.165, 1.54) is 7.11 Å². The van der Waals surface area contributed by atoms with Crippen molar-refractivity contribution in [1.29, 1.82) is 0 Å². The van der Waals surface area contributed by atoms with Crippen LogP contribution in [0.1, 0.15) is 32.8 Å². The average molecular weight is 237 g/mol. The molecule has 1 N–H and O–H groups in total. The van der Waals surface area contributed by atoms with E-state index in [0.29, 0.717) is 18.9 Å². The van der Waals surface area contributed by atoms with Crippen LogP contribution in [0.2, 0.25) is 0 Å². The van der Waals surface area contributed by atoms with Gasteiger partial charge in [0.15, 0.2) is 0 Å². The Morgan fingerprint density at radius 2 is 1.94 bits per heavy atom. The van der Waals surface area contributed by atoms with Crippen molar-refractivity contribution in [3.63, 3.8) is 0 Å². The fraction of sp³-hybridized carbons (Fsp3) is 0.583. The smallest absolute Gasteiger partial charge is 0.307 e. The van der Waals surface area contributed by atoms with Crippen molar-refractivity contribution < 1.29 is 9.53 Å². The number of nitrogens with one attached hydrogen (secondary N) is 1. The molecule has 0 bridgehead atoms. The number of rotatable bonds is 4. The number of hydrogen-bond acceptors (Lipinski definition) is 5. The molecule has 1 aromatic heterocycles. The first kappa shape index (κ1) is 13.4. The van der Waals surface area contributed by atoms with Gasteiger partial charge in [-0.25, -0.2) is 9.97 Å². The molecule has 0 aliphatic rings. The van der Waals surface area contributed by atoms with Gasteiger partial charge in [-0.05, 0) is 11.0 Å². The summed E-state index contributed by atoms with van der Waals surface area (Å²) < 4.78 is 4.53. The minimum Gasteiger partial charge on any atom is -0.469 e. The molecule has 94 valence electrons. The summed E-state index contributed by atoms with van der Waals surface area (Å²) in [4.78, 5) is 19.3. The summed E-state index contributed by atoms with van der Waals surface area (Å²) in [6.07, 6.45) is 3.90. The zero-order valence-electron chi connectivity index (χ0n) is 10.8. The predicted molar refractivity (Wildman–Crippen MR) is 65.9 cm³/mol. The molecule has 17 heavy (non-hydrogen) atoms. The SMILES string of the molecule is COC(=O)CCNc1ncc(C(C)(C)C)cn1. The summed E-state index contributed by atoms with van der Waals surface area (Å²) in [6, 6.07) is 0. The van der Waals surface area contributed by atoms with Gasteiger partial charge in [-0.3, -0.25) is 4.79 Å². The van der Waals surface area contributed by atoms with Gasteiger partial charge < -0.3 is 10.1 Å². The third-order valence-electron chi connectivity index (χ3n) is 2.36. The third kappa shape index (κ3) is 4.38. The average Bonchev–Trinajstić information content (AvgIpc) is 2.28. The molecule has 5 heteroatoms. The number of carbonyl (C=O) groups excluding carboxylic acids is 1. The number of carbonyl (C=O) groups is 1. The van der Waals surface area contributed by atoms with E-state index in [2.05, 4.69) is 40.8 Å². The lowest BCUT2D eigenvalue weighted by molar-refractivity contribution is -0.140. The number of ether oxygens (including phenoxy) is 1. The molecule has 0 atom stereocenters. The molecule has 1 aromatic rings. The zero-order valence-corrected chi connectivity index (χ0v) is 10.8. The summed E-state index contributed by atoms with van der Waals surface area (Å²) in [7, 11) is 1.37. The molecule has 5 nitrogen and oxygen atoms in total. The summed E-state index contributed by atoms with van der Waals surface area (Å²) in [5.74, 6) is 0.283. The van der Waals surface area contributed by atoms with Crippen molar-refractivity contribution in [2.24, 2.45) is 0 Å². The minimum absolute atomic E-state index is 0.0462. The first-order chi connectivity index (χ1) is 7.93. The standard InChI is InChI=1S/C12H19N3O2/c1-12(2,3)9-7-14-11(15-8-9)13-6-5-10(16)17-4/h7-8H,5-6H2,1-4H3,(H,13,14,15). The quantitative estimate of drug-likeness (QED) is 0.808. The van der Waals surface area contributed by atoms with Crippen molar-refractivity contribution in [1.82, 2.24) is 9.97 Å². The highest BCUT2D eigenvalue weighted by Gasteiger charge is 2.14. The van der Waals surface area contributed by atoms with Crippen LogP contribution in [-0.4, -0.2) is 29.6 Å². The van der Waals surface area contributed by atoms with E-state index in [0.717, 1.165) is 5.56 Å². The molecule has 1 heterocycles. The van der Waals surface area contributed by atoms with Crippen LogP contribution in [0.3, 0.4) is 0 Å². The van der Waals surface area contributed by atoms with E-state index in [1.54, 1.807) is 12.4 Å². The van der Waals surface area contributed by atoms with Crippen molar-refractivity contribution in [2.75, 3.05) is 19.0 Å². The van der Waals surface area contributed by atoms with E-state index >= 15 is 0 Å². The van der Waals surface area contributed by atoms with Crippen LogP contribution >= 0.6 is 0 Å². The molecule has 0 aliphatic carbocycles. The topological polar surface area (TPSA) is 64.1 Å². The molecule has 0 radical (unpaired) electrons. The second kappa shape index (κ2) is 5.61. The zero-order chi connectivity index (χ0) is 12.9. The Morgan fingerprint density at radius 1 is 1.35 bits per heavy atom. The number of methoxy groups -OCH3 is 1. The lowest BCUT2D eigenvalue weighted by atomic mass is 9.89. The highest BCUT2D eigenvalue weighted by Crippen LogP contribution is 2.20. The molecule has 0 aliphatic heterocycles. The third-order valence-corrected chi connectivity index (χ3v) is 2.36. The van der Waals surface area contributed by atoms with Crippen molar-refractivity contribution in [3.05, 3.63) is 18.0 Å². The number of anilines is 1. The minimum atomic E-state index is -0.246. The monoisotopic (exact) mass is 237 g/mol. The highest BCUT2D eigenvalue weighted by molar-refractivity contribution is 5.69. The molecule has 0 saturated heterocycles. The number of hydrogen-bond donors (Lipinski definition) is 1. The summed E-state index contributed by atoms with van der Waals surface area (Å²) in [6.45, 7) is 6.80. The first-order valence-electron chi connectivity index (χ1n) is 5.56. The Balaban J connectivity index is 2.49. The molecular weight excluding hydrogens is 218 g/mol. The van der Waals surface area contributed by atoms with Gasteiger partial charge in [0.1, 0.15) is 0 Å². The molecule has 0 unspecified atom stereocenters. The van der Waals surface area contributed by atoms with Gasteiger partial charge in [0.05, 0.1) is 13.5 Å². The van der Waals surface area contributed by atoms with Crippen LogP contribution < -0.4 is 5.32 Å². The maximum Gasteiger partial charge on any atom is 0.307 e. The van der Waals surface area contributed by atoms with E-state index in [4.69, 9.17) is 0 Å². The van der Waals surface area contributed by atoms with Crippen LogP contribution in [0.4, 0.5) is 5.95 Å². The molecule has 0 saturated carbocycles. The Hall–Kier alpha value is -1.65. The lowest BCUT2D eigenvalue weighted by Gasteiger charge is -2.17. The van der Waals surface area contributed by atoms with E-state index < -0.39 is 0 Å². The summed E-state index contributed by atoms with van der Waals surface area (Å²) in [5.41, 5.74) is 1.13. The lowest BCUT2D eigenvalue weighted by Crippen LogP contribution is -2.14. The van der Waals surface area contributed by atoms with Gasteiger partial charge in [0, 0.05) is 18.9 Å². The fourth-order valence-electron chi connectivity index (χ4n) is 1.19. The van der Waals surface area contributed by atoms with Gasteiger partial charge >= 0.3 is 5.97 Å². The van der Waals surface area contributed by atoms with Crippen molar-refractivity contribution >= 4 is 11.9 Å². The maximum atomic E-state index is 10.9. The van der Waals surface area contributed by atoms with Crippen molar-refractivity contribution in [2.45, 2.75) is 32.6 Å². The Bertz CT molecular complexity index is 368. The predicted octanol–water partition coefficient (Wildman–Crippen LogP) is 1.75. The van der Waals surface area contributed by atoms with Crippen LogP contribution in [0.25, 0.3) is 0 Å². The van der Waals surface area contributed by atoms with E-state index in [-0.39, 0.29) is 11.4 Å². The van der Waals surface area contributed by atoms with Crippen molar-refractivity contribution in [3.8, 4) is 0 Å².